The highest BCUT2D eigenvalue weighted by atomic mass is 35.5. The molecule has 1 unspecified atom stereocenters. The zero-order chi connectivity index (χ0) is 20.1. The van der Waals surface area contributed by atoms with Crippen molar-refractivity contribution in [3.05, 3.63) is 29.8 Å². The third-order valence-corrected chi connectivity index (χ3v) is 5.65. The fourth-order valence-electron chi connectivity index (χ4n) is 4.15. The first-order valence-corrected chi connectivity index (χ1v) is 9.96. The molecule has 2 aliphatic rings. The van der Waals surface area contributed by atoms with Gasteiger partial charge in [0, 0.05) is 64.5 Å². The van der Waals surface area contributed by atoms with Crippen LogP contribution in [0.15, 0.2) is 24.3 Å². The first-order valence-electron chi connectivity index (χ1n) is 9.96. The summed E-state index contributed by atoms with van der Waals surface area (Å²) in [6.07, 6.45) is -2.01. The standard InChI is InChI=1S/C20H29F3N4O.2ClH/c1-16(28)24-7-9-25-8-3-6-19(15-25)27-12-10-26(11-13-27)18-5-2-4-17(14-18)20(21,22)23;;/h2,4-5,14,19H,3,6-13,15H2,1H3,(H,24,28);2*1H. The first-order chi connectivity index (χ1) is 13.3. The highest BCUT2D eigenvalue weighted by Crippen LogP contribution is 2.32. The van der Waals surface area contributed by atoms with E-state index in [1.54, 1.807) is 6.07 Å². The molecule has 2 fully saturated rings. The normalized spacial score (nSPS) is 20.8. The summed E-state index contributed by atoms with van der Waals surface area (Å²) in [5.74, 6) is -0.000672. The average Bonchev–Trinajstić information content (AvgIpc) is 2.68. The maximum atomic E-state index is 13.0. The quantitative estimate of drug-likeness (QED) is 0.716. The Morgan fingerprint density at radius 2 is 1.83 bits per heavy atom. The number of halogens is 5. The molecule has 1 N–H and O–H groups in total. The van der Waals surface area contributed by atoms with E-state index in [1.165, 1.54) is 19.1 Å². The molecule has 10 heteroatoms. The van der Waals surface area contributed by atoms with Crippen molar-refractivity contribution in [2.75, 3.05) is 57.3 Å². The van der Waals surface area contributed by atoms with Crippen molar-refractivity contribution in [2.24, 2.45) is 0 Å². The lowest BCUT2D eigenvalue weighted by Gasteiger charge is -2.44. The van der Waals surface area contributed by atoms with Crippen LogP contribution in [0.3, 0.4) is 0 Å². The van der Waals surface area contributed by atoms with Gasteiger partial charge in [0.05, 0.1) is 5.56 Å². The van der Waals surface area contributed by atoms with E-state index in [2.05, 4.69) is 15.1 Å². The van der Waals surface area contributed by atoms with Gasteiger partial charge in [-0.15, -0.1) is 24.8 Å². The minimum atomic E-state index is -4.30. The highest BCUT2D eigenvalue weighted by Gasteiger charge is 2.32. The maximum absolute atomic E-state index is 13.0. The number of rotatable bonds is 5. The van der Waals surface area contributed by atoms with Gasteiger partial charge in [-0.2, -0.15) is 13.2 Å². The number of carbonyl (C=O) groups excluding carboxylic acids is 1. The van der Waals surface area contributed by atoms with Crippen molar-refractivity contribution in [2.45, 2.75) is 32.0 Å². The van der Waals surface area contributed by atoms with Gasteiger partial charge in [0.2, 0.25) is 5.91 Å². The number of anilines is 1. The van der Waals surface area contributed by atoms with E-state index >= 15 is 0 Å². The monoisotopic (exact) mass is 470 g/mol. The van der Waals surface area contributed by atoms with Crippen LogP contribution in [0.1, 0.15) is 25.3 Å². The second kappa shape index (κ2) is 12.0. The second-order valence-electron chi connectivity index (χ2n) is 7.65. The van der Waals surface area contributed by atoms with Crippen LogP contribution in [0.25, 0.3) is 0 Å². The largest absolute Gasteiger partial charge is 0.416 e. The number of piperazine rings is 1. The average molecular weight is 471 g/mol. The van der Waals surface area contributed by atoms with Crippen molar-refractivity contribution in [1.82, 2.24) is 15.1 Å². The Kier molecular flexibility index (Phi) is 10.7. The molecule has 2 heterocycles. The minimum Gasteiger partial charge on any atom is -0.369 e. The fourth-order valence-corrected chi connectivity index (χ4v) is 4.15. The molecule has 0 aliphatic carbocycles. The molecular weight excluding hydrogens is 440 g/mol. The van der Waals surface area contributed by atoms with Crippen molar-refractivity contribution in [3.63, 3.8) is 0 Å². The van der Waals surface area contributed by atoms with E-state index in [9.17, 15) is 18.0 Å². The Bertz CT molecular complexity index is 670. The van der Waals surface area contributed by atoms with Gasteiger partial charge in [-0.1, -0.05) is 6.07 Å². The van der Waals surface area contributed by atoms with E-state index < -0.39 is 11.7 Å². The summed E-state index contributed by atoms with van der Waals surface area (Å²) >= 11 is 0. The Balaban J connectivity index is 0.00000225. The molecule has 2 aliphatic heterocycles. The Morgan fingerprint density at radius 1 is 1.13 bits per heavy atom. The summed E-state index contributed by atoms with van der Waals surface area (Å²) in [4.78, 5) is 17.9. The molecule has 0 radical (unpaired) electrons. The fraction of sp³-hybridized carbons (Fsp3) is 0.650. The van der Waals surface area contributed by atoms with Crippen LogP contribution in [0.5, 0.6) is 0 Å². The van der Waals surface area contributed by atoms with Gasteiger partial charge in [-0.25, -0.2) is 0 Å². The van der Waals surface area contributed by atoms with Gasteiger partial charge < -0.3 is 15.1 Å². The predicted molar refractivity (Wildman–Crippen MR) is 118 cm³/mol. The number of amides is 1. The van der Waals surface area contributed by atoms with Crippen molar-refractivity contribution < 1.29 is 18.0 Å². The molecule has 2 saturated heterocycles. The minimum absolute atomic E-state index is 0. The third-order valence-electron chi connectivity index (χ3n) is 5.65. The number of likely N-dealkylation sites (tertiary alicyclic amines) is 1. The SMILES string of the molecule is CC(=O)NCCN1CCCC(N2CCN(c3cccc(C(F)(F)F)c3)CC2)C1.Cl.Cl. The number of nitrogens with zero attached hydrogens (tertiary/aromatic N) is 3. The maximum Gasteiger partial charge on any atom is 0.416 e. The molecule has 172 valence electrons. The van der Waals surface area contributed by atoms with Crippen LogP contribution in [0.4, 0.5) is 18.9 Å². The zero-order valence-electron chi connectivity index (χ0n) is 17.2. The lowest BCUT2D eigenvalue weighted by Crippen LogP contribution is -2.55. The third kappa shape index (κ3) is 7.48. The topological polar surface area (TPSA) is 38.8 Å². The van der Waals surface area contributed by atoms with Crippen molar-refractivity contribution in [3.8, 4) is 0 Å². The molecule has 1 amide bonds. The van der Waals surface area contributed by atoms with E-state index in [0.717, 1.165) is 64.7 Å². The van der Waals surface area contributed by atoms with Gasteiger partial charge in [0.25, 0.3) is 0 Å². The second-order valence-corrected chi connectivity index (χ2v) is 7.65. The molecule has 1 atom stereocenters. The molecule has 5 nitrogen and oxygen atoms in total. The van der Waals surface area contributed by atoms with Crippen LogP contribution < -0.4 is 10.2 Å². The van der Waals surface area contributed by atoms with Gasteiger partial charge in [0.1, 0.15) is 0 Å². The number of nitrogens with one attached hydrogen (secondary N) is 1. The predicted octanol–water partition coefficient (Wildman–Crippen LogP) is 3.27. The molecule has 30 heavy (non-hydrogen) atoms. The summed E-state index contributed by atoms with van der Waals surface area (Å²) < 4.78 is 38.9. The van der Waals surface area contributed by atoms with E-state index in [4.69, 9.17) is 0 Å². The number of carbonyl (C=O) groups is 1. The summed E-state index contributed by atoms with van der Waals surface area (Å²) in [6, 6.07) is 6.10. The summed E-state index contributed by atoms with van der Waals surface area (Å²) in [5.41, 5.74) is 0.0598. The number of hydrogen-bond acceptors (Lipinski definition) is 4. The summed E-state index contributed by atoms with van der Waals surface area (Å²) in [5, 5.41) is 2.85. The van der Waals surface area contributed by atoms with Crippen molar-refractivity contribution >= 4 is 36.4 Å². The first kappa shape index (κ1) is 26.8. The molecule has 1 aromatic rings. The molecule has 0 saturated carbocycles. The van der Waals surface area contributed by atoms with Crippen LogP contribution in [-0.2, 0) is 11.0 Å². The summed E-state index contributed by atoms with van der Waals surface area (Å²) in [6.45, 7) is 8.31. The molecule has 3 rings (SSSR count). The lowest BCUT2D eigenvalue weighted by atomic mass is 10.0. The Hall–Kier alpha value is -1.22. The van der Waals surface area contributed by atoms with Gasteiger partial charge in [-0.05, 0) is 37.6 Å². The van der Waals surface area contributed by atoms with Crippen LogP contribution in [-0.4, -0.2) is 74.1 Å². The Morgan fingerprint density at radius 3 is 2.47 bits per heavy atom. The van der Waals surface area contributed by atoms with Crippen LogP contribution >= 0.6 is 24.8 Å². The molecule has 0 aromatic heterocycles. The summed E-state index contributed by atoms with van der Waals surface area (Å²) in [7, 11) is 0. The van der Waals surface area contributed by atoms with Gasteiger partial charge in [-0.3, -0.25) is 9.69 Å². The van der Waals surface area contributed by atoms with E-state index in [0.29, 0.717) is 18.3 Å². The van der Waals surface area contributed by atoms with Crippen LogP contribution in [0.2, 0.25) is 0 Å². The smallest absolute Gasteiger partial charge is 0.369 e. The molecular formula is C20H31Cl2F3N4O. The van der Waals surface area contributed by atoms with Crippen LogP contribution in [0, 0.1) is 0 Å². The number of hydrogen-bond donors (Lipinski definition) is 1. The van der Waals surface area contributed by atoms with E-state index in [-0.39, 0.29) is 30.7 Å². The number of alkyl halides is 3. The molecule has 0 spiro atoms. The van der Waals surface area contributed by atoms with Crippen molar-refractivity contribution in [1.29, 1.82) is 0 Å². The zero-order valence-corrected chi connectivity index (χ0v) is 18.8. The lowest BCUT2D eigenvalue weighted by molar-refractivity contribution is -0.137. The Labute approximate surface area is 188 Å². The number of piperidine rings is 1. The number of benzene rings is 1. The molecule has 1 aromatic carbocycles. The van der Waals surface area contributed by atoms with Gasteiger partial charge in [0.15, 0.2) is 0 Å². The molecule has 0 bridgehead atoms. The highest BCUT2D eigenvalue weighted by molar-refractivity contribution is 5.85. The van der Waals surface area contributed by atoms with E-state index in [1.807, 2.05) is 4.90 Å². The van der Waals surface area contributed by atoms with Gasteiger partial charge >= 0.3 is 6.18 Å².